The fourth-order valence-corrected chi connectivity index (χ4v) is 3.40. The van der Waals surface area contributed by atoms with Crippen LogP contribution in [0.2, 0.25) is 0 Å². The molecule has 0 unspecified atom stereocenters. The lowest BCUT2D eigenvalue weighted by molar-refractivity contribution is -0.384. The van der Waals surface area contributed by atoms with Crippen LogP contribution in [0, 0.1) is 10.1 Å². The van der Waals surface area contributed by atoms with Crippen molar-refractivity contribution in [2.24, 2.45) is 0 Å². The molecule has 0 aliphatic carbocycles. The van der Waals surface area contributed by atoms with Crippen LogP contribution in [0.5, 0.6) is 0 Å². The number of hydrogen-bond donors (Lipinski definition) is 1. The summed E-state index contributed by atoms with van der Waals surface area (Å²) in [5, 5.41) is 13.5. The van der Waals surface area contributed by atoms with Gasteiger partial charge < -0.3 is 5.32 Å². The fraction of sp³-hybridized carbons (Fsp3) is 0.0870. The number of rotatable bonds is 6. The minimum absolute atomic E-state index is 0.0177. The van der Waals surface area contributed by atoms with Gasteiger partial charge in [-0.2, -0.15) is 0 Å². The van der Waals surface area contributed by atoms with E-state index in [4.69, 9.17) is 0 Å². The van der Waals surface area contributed by atoms with E-state index < -0.39 is 4.92 Å². The summed E-state index contributed by atoms with van der Waals surface area (Å²) in [7, 11) is 0. The first-order chi connectivity index (χ1) is 14.9. The molecule has 8 nitrogen and oxygen atoms in total. The topological polar surface area (TPSA) is 110 Å². The number of amides is 3. The molecule has 1 aliphatic heterocycles. The first-order valence-corrected chi connectivity index (χ1v) is 9.50. The van der Waals surface area contributed by atoms with Gasteiger partial charge in [0.2, 0.25) is 0 Å². The number of nitrogens with zero attached hydrogens (tertiary/aromatic N) is 2. The zero-order valence-electron chi connectivity index (χ0n) is 16.3. The van der Waals surface area contributed by atoms with Gasteiger partial charge in [-0.25, -0.2) is 0 Å². The van der Waals surface area contributed by atoms with Gasteiger partial charge in [0, 0.05) is 24.2 Å². The molecular weight excluding hydrogens is 398 g/mol. The number of nitrogens with one attached hydrogen (secondary N) is 1. The normalized spacial score (nSPS) is 12.6. The first-order valence-electron chi connectivity index (χ1n) is 9.50. The van der Waals surface area contributed by atoms with E-state index in [0.29, 0.717) is 22.3 Å². The van der Waals surface area contributed by atoms with E-state index in [2.05, 4.69) is 5.32 Å². The van der Waals surface area contributed by atoms with E-state index in [1.54, 1.807) is 60.7 Å². The van der Waals surface area contributed by atoms with Crippen molar-refractivity contribution in [3.8, 4) is 0 Å². The van der Waals surface area contributed by atoms with Crippen molar-refractivity contribution < 1.29 is 19.3 Å². The van der Waals surface area contributed by atoms with E-state index in [-0.39, 0.29) is 36.5 Å². The molecular formula is C23H17N3O5. The van der Waals surface area contributed by atoms with Gasteiger partial charge in [0.1, 0.15) is 0 Å². The van der Waals surface area contributed by atoms with Crippen LogP contribution in [0.1, 0.15) is 42.2 Å². The van der Waals surface area contributed by atoms with Crippen LogP contribution in [0.4, 0.5) is 5.69 Å². The largest absolute Gasteiger partial charge is 0.348 e. The number of nitro benzene ring substituents is 1. The van der Waals surface area contributed by atoms with Crippen molar-refractivity contribution in [2.75, 3.05) is 0 Å². The lowest BCUT2D eigenvalue weighted by Gasteiger charge is -2.14. The summed E-state index contributed by atoms with van der Waals surface area (Å²) in [5.41, 5.74) is 2.50. The molecule has 3 amide bonds. The number of non-ortho nitro benzene ring substituents is 1. The van der Waals surface area contributed by atoms with Crippen LogP contribution >= 0.6 is 0 Å². The van der Waals surface area contributed by atoms with Crippen LogP contribution in [-0.2, 0) is 13.1 Å². The van der Waals surface area contributed by atoms with Crippen molar-refractivity contribution in [3.63, 3.8) is 0 Å². The monoisotopic (exact) mass is 415 g/mol. The van der Waals surface area contributed by atoms with Crippen LogP contribution in [0.15, 0.2) is 72.8 Å². The zero-order chi connectivity index (χ0) is 22.0. The Morgan fingerprint density at radius 2 is 1.52 bits per heavy atom. The first kappa shape index (κ1) is 20.0. The van der Waals surface area contributed by atoms with E-state index in [1.807, 2.05) is 0 Å². The van der Waals surface area contributed by atoms with Crippen molar-refractivity contribution >= 4 is 23.4 Å². The summed E-state index contributed by atoms with van der Waals surface area (Å²) in [5.74, 6) is -1.04. The SMILES string of the molecule is O=C(NCc1ccc([N+](=O)[O-])cc1)c1cccc(CN2C(=O)c3ccccc3C2=O)c1. The predicted molar refractivity (Wildman–Crippen MR) is 111 cm³/mol. The maximum atomic E-state index is 12.5. The second kappa shape index (κ2) is 8.19. The molecule has 154 valence electrons. The van der Waals surface area contributed by atoms with E-state index in [9.17, 15) is 24.5 Å². The molecule has 1 N–H and O–H groups in total. The number of nitro groups is 1. The Bertz CT molecular complexity index is 1170. The van der Waals surface area contributed by atoms with E-state index in [1.165, 1.54) is 17.0 Å². The Hall–Kier alpha value is -4.33. The van der Waals surface area contributed by atoms with Crippen molar-refractivity contribution in [2.45, 2.75) is 13.1 Å². The Morgan fingerprint density at radius 1 is 0.871 bits per heavy atom. The van der Waals surface area contributed by atoms with E-state index in [0.717, 1.165) is 5.56 Å². The number of fused-ring (bicyclic) bond motifs is 1. The summed E-state index contributed by atoms with van der Waals surface area (Å²) in [6, 6.07) is 19.3. The Balaban J connectivity index is 1.42. The summed E-state index contributed by atoms with van der Waals surface area (Å²) in [6.45, 7) is 0.273. The second-order valence-electron chi connectivity index (χ2n) is 7.05. The minimum Gasteiger partial charge on any atom is -0.348 e. The second-order valence-corrected chi connectivity index (χ2v) is 7.05. The Morgan fingerprint density at radius 3 is 2.13 bits per heavy atom. The van der Waals surface area contributed by atoms with Gasteiger partial charge in [0.25, 0.3) is 23.4 Å². The predicted octanol–water partition coefficient (Wildman–Crippen LogP) is 3.32. The lowest BCUT2D eigenvalue weighted by Crippen LogP contribution is -2.29. The third-order valence-corrected chi connectivity index (χ3v) is 5.01. The molecule has 1 heterocycles. The third kappa shape index (κ3) is 4.04. The third-order valence-electron chi connectivity index (χ3n) is 5.01. The number of carbonyl (C=O) groups is 3. The zero-order valence-corrected chi connectivity index (χ0v) is 16.3. The highest BCUT2D eigenvalue weighted by Gasteiger charge is 2.34. The minimum atomic E-state index is -0.484. The van der Waals surface area contributed by atoms with Crippen molar-refractivity contribution in [3.05, 3.63) is 111 Å². The van der Waals surface area contributed by atoms with E-state index >= 15 is 0 Å². The molecule has 8 heteroatoms. The number of hydrogen-bond acceptors (Lipinski definition) is 5. The molecule has 1 aliphatic rings. The van der Waals surface area contributed by atoms with Gasteiger partial charge >= 0.3 is 0 Å². The molecule has 31 heavy (non-hydrogen) atoms. The molecule has 0 saturated heterocycles. The highest BCUT2D eigenvalue weighted by Crippen LogP contribution is 2.24. The van der Waals surface area contributed by atoms with Crippen LogP contribution in [-0.4, -0.2) is 27.5 Å². The molecule has 0 spiro atoms. The van der Waals surface area contributed by atoms with Crippen molar-refractivity contribution in [1.82, 2.24) is 10.2 Å². The Labute approximate surface area is 177 Å². The van der Waals surface area contributed by atoms with Crippen molar-refractivity contribution in [1.29, 1.82) is 0 Å². The average molecular weight is 415 g/mol. The number of imide groups is 1. The molecule has 3 aromatic rings. The van der Waals surface area contributed by atoms with Crippen LogP contribution in [0.3, 0.4) is 0 Å². The van der Waals surface area contributed by atoms with Crippen LogP contribution < -0.4 is 5.32 Å². The van der Waals surface area contributed by atoms with Gasteiger partial charge in [0.05, 0.1) is 22.6 Å². The molecule has 0 saturated carbocycles. The van der Waals surface area contributed by atoms with Gasteiger partial charge in [-0.1, -0.05) is 36.4 Å². The van der Waals surface area contributed by atoms with Gasteiger partial charge in [-0.15, -0.1) is 0 Å². The number of carbonyl (C=O) groups excluding carboxylic acids is 3. The van der Waals surface area contributed by atoms with Gasteiger partial charge in [-0.05, 0) is 35.4 Å². The summed E-state index contributed by atoms with van der Waals surface area (Å²) in [4.78, 5) is 49.0. The summed E-state index contributed by atoms with van der Waals surface area (Å²) < 4.78 is 0. The smallest absolute Gasteiger partial charge is 0.269 e. The maximum absolute atomic E-state index is 12.5. The average Bonchev–Trinajstić information content (AvgIpc) is 3.03. The Kier molecular flexibility index (Phi) is 5.28. The molecule has 0 fully saturated rings. The summed E-state index contributed by atoms with van der Waals surface area (Å²) in [6.07, 6.45) is 0. The van der Waals surface area contributed by atoms with Gasteiger partial charge in [0.15, 0.2) is 0 Å². The molecule has 3 aromatic carbocycles. The standard InChI is InChI=1S/C23H17N3O5/c27-21(24-13-15-8-10-18(11-9-15)26(30)31)17-5-3-4-16(12-17)14-25-22(28)19-6-1-2-7-20(19)23(25)29/h1-12H,13-14H2,(H,24,27). The highest BCUT2D eigenvalue weighted by molar-refractivity contribution is 6.21. The lowest BCUT2D eigenvalue weighted by atomic mass is 10.1. The summed E-state index contributed by atoms with van der Waals surface area (Å²) >= 11 is 0. The van der Waals surface area contributed by atoms with Gasteiger partial charge in [-0.3, -0.25) is 29.4 Å². The highest BCUT2D eigenvalue weighted by atomic mass is 16.6. The molecule has 0 aromatic heterocycles. The van der Waals surface area contributed by atoms with Crippen LogP contribution in [0.25, 0.3) is 0 Å². The molecule has 0 bridgehead atoms. The molecule has 0 radical (unpaired) electrons. The number of benzene rings is 3. The maximum Gasteiger partial charge on any atom is 0.269 e. The molecule has 4 rings (SSSR count). The quantitative estimate of drug-likeness (QED) is 0.377. The molecule has 0 atom stereocenters. The fourth-order valence-electron chi connectivity index (χ4n) is 3.40.